The van der Waals surface area contributed by atoms with Crippen LogP contribution in [0.3, 0.4) is 0 Å². The van der Waals surface area contributed by atoms with Gasteiger partial charge in [-0.1, -0.05) is 20.8 Å². The molecular formula is C15H28N4O. The minimum atomic E-state index is -0.0327. The molecule has 1 rings (SSSR count). The summed E-state index contributed by atoms with van der Waals surface area (Å²) in [6.07, 6.45) is 3.78. The van der Waals surface area contributed by atoms with Gasteiger partial charge in [-0.3, -0.25) is 4.79 Å². The van der Waals surface area contributed by atoms with Gasteiger partial charge in [0.05, 0.1) is 5.69 Å². The first-order valence-corrected chi connectivity index (χ1v) is 7.58. The molecule has 1 amide bonds. The smallest absolute Gasteiger partial charge is 0.267 e. The molecule has 0 unspecified atom stereocenters. The van der Waals surface area contributed by atoms with Gasteiger partial charge in [0.25, 0.3) is 5.91 Å². The van der Waals surface area contributed by atoms with E-state index in [0.717, 1.165) is 39.0 Å². The number of nitrogens with one attached hydrogen (secondary N) is 1. The molecule has 0 spiro atoms. The van der Waals surface area contributed by atoms with Crippen LogP contribution in [-0.4, -0.2) is 41.6 Å². The SMILES string of the molecule is CCCn1cc(N)cc1C(=O)NCCCN(CC)CC. The molecule has 0 fully saturated rings. The molecule has 20 heavy (non-hydrogen) atoms. The van der Waals surface area contributed by atoms with Crippen molar-refractivity contribution in [2.45, 2.75) is 40.2 Å². The van der Waals surface area contributed by atoms with E-state index >= 15 is 0 Å². The van der Waals surface area contributed by atoms with E-state index in [1.54, 1.807) is 6.07 Å². The van der Waals surface area contributed by atoms with E-state index in [-0.39, 0.29) is 5.91 Å². The van der Waals surface area contributed by atoms with Crippen molar-refractivity contribution in [1.29, 1.82) is 0 Å². The minimum Gasteiger partial charge on any atom is -0.397 e. The van der Waals surface area contributed by atoms with Gasteiger partial charge in [-0.25, -0.2) is 0 Å². The van der Waals surface area contributed by atoms with Crippen LogP contribution < -0.4 is 11.1 Å². The van der Waals surface area contributed by atoms with Crippen molar-refractivity contribution in [2.24, 2.45) is 0 Å². The number of anilines is 1. The molecule has 1 heterocycles. The maximum absolute atomic E-state index is 12.1. The maximum atomic E-state index is 12.1. The molecule has 0 saturated heterocycles. The summed E-state index contributed by atoms with van der Waals surface area (Å²) in [6, 6.07) is 1.75. The summed E-state index contributed by atoms with van der Waals surface area (Å²) in [6.45, 7) is 11.0. The third kappa shape index (κ3) is 4.89. The summed E-state index contributed by atoms with van der Waals surface area (Å²) < 4.78 is 1.93. The molecule has 0 bridgehead atoms. The summed E-state index contributed by atoms with van der Waals surface area (Å²) in [5.41, 5.74) is 7.08. The van der Waals surface area contributed by atoms with E-state index in [0.29, 0.717) is 17.9 Å². The lowest BCUT2D eigenvalue weighted by Crippen LogP contribution is -2.30. The van der Waals surface area contributed by atoms with E-state index in [1.807, 2.05) is 10.8 Å². The summed E-state index contributed by atoms with van der Waals surface area (Å²) in [7, 11) is 0. The second-order valence-corrected chi connectivity index (χ2v) is 4.99. The van der Waals surface area contributed by atoms with Crippen LogP contribution >= 0.6 is 0 Å². The first kappa shape index (κ1) is 16.6. The van der Waals surface area contributed by atoms with Gasteiger partial charge in [0.2, 0.25) is 0 Å². The zero-order valence-corrected chi connectivity index (χ0v) is 13.0. The molecule has 3 N–H and O–H groups in total. The Morgan fingerprint density at radius 3 is 2.65 bits per heavy atom. The molecule has 5 nitrogen and oxygen atoms in total. The van der Waals surface area contributed by atoms with Crippen molar-refractivity contribution in [3.63, 3.8) is 0 Å². The molecule has 0 aromatic carbocycles. The average Bonchev–Trinajstić information content (AvgIpc) is 2.80. The minimum absolute atomic E-state index is 0.0327. The third-order valence-electron chi connectivity index (χ3n) is 3.45. The van der Waals surface area contributed by atoms with Gasteiger partial charge in [-0.05, 0) is 38.5 Å². The van der Waals surface area contributed by atoms with Crippen molar-refractivity contribution < 1.29 is 4.79 Å². The number of aryl methyl sites for hydroxylation is 1. The number of nitrogen functional groups attached to an aromatic ring is 1. The highest BCUT2D eigenvalue weighted by Crippen LogP contribution is 2.11. The zero-order valence-electron chi connectivity index (χ0n) is 13.0. The topological polar surface area (TPSA) is 63.3 Å². The Morgan fingerprint density at radius 2 is 2.05 bits per heavy atom. The molecule has 5 heteroatoms. The van der Waals surface area contributed by atoms with Crippen molar-refractivity contribution in [2.75, 3.05) is 31.9 Å². The first-order chi connectivity index (χ1) is 9.62. The normalized spacial score (nSPS) is 11.0. The molecule has 0 aliphatic heterocycles. The van der Waals surface area contributed by atoms with Crippen molar-refractivity contribution in [3.05, 3.63) is 18.0 Å². The van der Waals surface area contributed by atoms with E-state index in [2.05, 4.69) is 31.0 Å². The second-order valence-electron chi connectivity index (χ2n) is 4.99. The lowest BCUT2D eigenvalue weighted by atomic mass is 10.3. The average molecular weight is 280 g/mol. The van der Waals surface area contributed by atoms with E-state index in [1.165, 1.54) is 0 Å². The first-order valence-electron chi connectivity index (χ1n) is 7.58. The van der Waals surface area contributed by atoms with Gasteiger partial charge < -0.3 is 20.5 Å². The van der Waals surface area contributed by atoms with Crippen LogP contribution in [0.2, 0.25) is 0 Å². The highest BCUT2D eigenvalue weighted by atomic mass is 16.1. The maximum Gasteiger partial charge on any atom is 0.267 e. The standard InChI is InChI=1S/C15H28N4O/c1-4-9-19-12-13(16)11-14(19)15(20)17-8-7-10-18(5-2)6-3/h11-12H,4-10,16H2,1-3H3,(H,17,20). The molecule has 0 aliphatic rings. The number of amides is 1. The molecule has 0 radical (unpaired) electrons. The fraction of sp³-hybridized carbons (Fsp3) is 0.667. The van der Waals surface area contributed by atoms with E-state index < -0.39 is 0 Å². The predicted octanol–water partition coefficient (Wildman–Crippen LogP) is 1.94. The fourth-order valence-electron chi connectivity index (χ4n) is 2.28. The van der Waals surface area contributed by atoms with Gasteiger partial charge in [-0.2, -0.15) is 0 Å². The van der Waals surface area contributed by atoms with Crippen LogP contribution in [0, 0.1) is 0 Å². The number of nitrogens with two attached hydrogens (primary N) is 1. The van der Waals surface area contributed by atoms with Crippen molar-refractivity contribution >= 4 is 11.6 Å². The Kier molecular flexibility index (Phi) is 7.15. The van der Waals surface area contributed by atoms with Crippen LogP contribution in [-0.2, 0) is 6.54 Å². The highest BCUT2D eigenvalue weighted by molar-refractivity contribution is 5.93. The second kappa shape index (κ2) is 8.64. The molecule has 1 aromatic rings. The lowest BCUT2D eigenvalue weighted by molar-refractivity contribution is 0.0942. The van der Waals surface area contributed by atoms with Crippen LogP contribution in [0.15, 0.2) is 12.3 Å². The summed E-state index contributed by atoms with van der Waals surface area (Å²) in [5, 5.41) is 2.97. The molecule has 0 aliphatic carbocycles. The Morgan fingerprint density at radius 1 is 1.35 bits per heavy atom. The zero-order chi connectivity index (χ0) is 15.0. The van der Waals surface area contributed by atoms with Crippen LogP contribution in [0.5, 0.6) is 0 Å². The van der Waals surface area contributed by atoms with Crippen LogP contribution in [0.25, 0.3) is 0 Å². The Balaban J connectivity index is 2.43. The van der Waals surface area contributed by atoms with Gasteiger partial charge in [0.1, 0.15) is 5.69 Å². The highest BCUT2D eigenvalue weighted by Gasteiger charge is 2.11. The van der Waals surface area contributed by atoms with Gasteiger partial charge in [0.15, 0.2) is 0 Å². The number of carbonyl (C=O) groups excluding carboxylic acids is 1. The van der Waals surface area contributed by atoms with Crippen LogP contribution in [0.4, 0.5) is 5.69 Å². The van der Waals surface area contributed by atoms with Gasteiger partial charge >= 0.3 is 0 Å². The van der Waals surface area contributed by atoms with E-state index in [9.17, 15) is 4.79 Å². The number of hydrogen-bond donors (Lipinski definition) is 2. The predicted molar refractivity (Wildman–Crippen MR) is 83.9 cm³/mol. The Bertz CT molecular complexity index is 410. The monoisotopic (exact) mass is 280 g/mol. The summed E-state index contributed by atoms with van der Waals surface area (Å²) in [5.74, 6) is -0.0327. The van der Waals surface area contributed by atoms with E-state index in [4.69, 9.17) is 5.73 Å². The molecule has 114 valence electrons. The number of aromatic nitrogens is 1. The lowest BCUT2D eigenvalue weighted by Gasteiger charge is -2.17. The number of rotatable bonds is 9. The number of nitrogens with zero attached hydrogens (tertiary/aromatic N) is 2. The largest absolute Gasteiger partial charge is 0.397 e. The van der Waals surface area contributed by atoms with Crippen LogP contribution in [0.1, 0.15) is 44.1 Å². The summed E-state index contributed by atoms with van der Waals surface area (Å²) in [4.78, 5) is 14.5. The molecular weight excluding hydrogens is 252 g/mol. The number of carbonyl (C=O) groups is 1. The Labute approximate surface area is 122 Å². The van der Waals surface area contributed by atoms with Crippen molar-refractivity contribution in [3.8, 4) is 0 Å². The van der Waals surface area contributed by atoms with Gasteiger partial charge in [0, 0.05) is 19.3 Å². The Hall–Kier alpha value is -1.49. The summed E-state index contributed by atoms with van der Waals surface area (Å²) >= 11 is 0. The van der Waals surface area contributed by atoms with Gasteiger partial charge in [-0.15, -0.1) is 0 Å². The molecule has 0 atom stereocenters. The third-order valence-corrected chi connectivity index (χ3v) is 3.45. The number of hydrogen-bond acceptors (Lipinski definition) is 3. The molecule has 0 saturated carbocycles. The molecule has 1 aromatic heterocycles. The fourth-order valence-corrected chi connectivity index (χ4v) is 2.28. The van der Waals surface area contributed by atoms with Crippen molar-refractivity contribution in [1.82, 2.24) is 14.8 Å². The quantitative estimate of drug-likeness (QED) is 0.680.